The molecule has 0 bridgehead atoms. The van der Waals surface area contributed by atoms with E-state index < -0.39 is 0 Å². The van der Waals surface area contributed by atoms with Crippen molar-refractivity contribution >= 4 is 23.2 Å². The van der Waals surface area contributed by atoms with Crippen molar-refractivity contribution in [2.24, 2.45) is 11.0 Å². The predicted molar refractivity (Wildman–Crippen MR) is 102 cm³/mol. The number of amides is 1. The van der Waals surface area contributed by atoms with Gasteiger partial charge >= 0.3 is 0 Å². The summed E-state index contributed by atoms with van der Waals surface area (Å²) >= 11 is 5.91. The van der Waals surface area contributed by atoms with E-state index in [0.29, 0.717) is 16.7 Å². The fourth-order valence-electron chi connectivity index (χ4n) is 2.33. The normalized spacial score (nSPS) is 11.5. The highest BCUT2D eigenvalue weighted by Gasteiger charge is 2.09. The molecule has 132 valence electrons. The van der Waals surface area contributed by atoms with Gasteiger partial charge in [0, 0.05) is 5.02 Å². The van der Waals surface area contributed by atoms with Crippen LogP contribution >= 0.6 is 11.6 Å². The average molecular weight is 359 g/mol. The number of rotatable bonds is 7. The number of hydrazone groups is 1. The SMILES string of the molecule is Cc1cc(Cl)ccc1OCC(=O)N/N=C(\CC(C)C)c1ccccc1. The molecule has 2 rings (SSSR count). The molecule has 1 N–H and O–H groups in total. The van der Waals surface area contributed by atoms with Gasteiger partial charge < -0.3 is 4.74 Å². The van der Waals surface area contributed by atoms with Crippen molar-refractivity contribution in [3.8, 4) is 5.75 Å². The van der Waals surface area contributed by atoms with Crippen LogP contribution < -0.4 is 10.2 Å². The van der Waals surface area contributed by atoms with Crippen LogP contribution in [0.1, 0.15) is 31.4 Å². The molecule has 0 saturated carbocycles. The number of nitrogens with one attached hydrogen (secondary N) is 1. The molecule has 0 radical (unpaired) electrons. The second-order valence-electron chi connectivity index (χ2n) is 6.26. The third kappa shape index (κ3) is 6.24. The van der Waals surface area contributed by atoms with Crippen LogP contribution in [0.25, 0.3) is 0 Å². The van der Waals surface area contributed by atoms with Crippen LogP contribution in [-0.4, -0.2) is 18.2 Å². The first-order valence-electron chi connectivity index (χ1n) is 8.25. The largest absolute Gasteiger partial charge is 0.483 e. The number of benzene rings is 2. The minimum atomic E-state index is -0.300. The van der Waals surface area contributed by atoms with Crippen molar-refractivity contribution in [2.75, 3.05) is 6.61 Å². The standard InChI is InChI=1S/C20H23ClN2O2/c1-14(2)11-18(16-7-5-4-6-8-16)22-23-20(24)13-25-19-10-9-17(21)12-15(19)3/h4-10,12,14H,11,13H2,1-3H3,(H,23,24)/b22-18+. The number of aryl methyl sites for hydroxylation is 1. The highest BCUT2D eigenvalue weighted by molar-refractivity contribution is 6.30. The summed E-state index contributed by atoms with van der Waals surface area (Å²) in [5, 5.41) is 4.94. The zero-order valence-electron chi connectivity index (χ0n) is 14.8. The Morgan fingerprint density at radius 1 is 1.20 bits per heavy atom. The molecule has 0 aliphatic rings. The third-order valence-corrected chi connectivity index (χ3v) is 3.76. The van der Waals surface area contributed by atoms with E-state index in [1.54, 1.807) is 18.2 Å². The molecule has 0 aromatic heterocycles. The molecule has 25 heavy (non-hydrogen) atoms. The molecule has 0 saturated heterocycles. The maximum absolute atomic E-state index is 12.0. The Labute approximate surface area is 153 Å². The number of ether oxygens (including phenoxy) is 1. The highest BCUT2D eigenvalue weighted by Crippen LogP contribution is 2.21. The lowest BCUT2D eigenvalue weighted by Crippen LogP contribution is -2.26. The van der Waals surface area contributed by atoms with E-state index in [4.69, 9.17) is 16.3 Å². The first-order valence-corrected chi connectivity index (χ1v) is 8.63. The maximum atomic E-state index is 12.0. The van der Waals surface area contributed by atoms with Gasteiger partial charge in [-0.25, -0.2) is 5.43 Å². The summed E-state index contributed by atoms with van der Waals surface area (Å²) in [6.45, 7) is 6.02. The van der Waals surface area contributed by atoms with E-state index in [0.717, 1.165) is 23.3 Å². The molecular weight excluding hydrogens is 336 g/mol. The second kappa shape index (κ2) is 9.23. The van der Waals surface area contributed by atoms with E-state index in [-0.39, 0.29) is 12.5 Å². The lowest BCUT2D eigenvalue weighted by Gasteiger charge is -2.11. The molecule has 2 aromatic rings. The maximum Gasteiger partial charge on any atom is 0.277 e. The van der Waals surface area contributed by atoms with E-state index in [9.17, 15) is 4.79 Å². The van der Waals surface area contributed by atoms with Crippen LogP contribution in [0.15, 0.2) is 53.6 Å². The van der Waals surface area contributed by atoms with Crippen LogP contribution in [0.3, 0.4) is 0 Å². The Hall–Kier alpha value is -2.33. The summed E-state index contributed by atoms with van der Waals surface area (Å²) in [5.74, 6) is 0.768. The van der Waals surface area contributed by atoms with Gasteiger partial charge in [-0.2, -0.15) is 5.10 Å². The molecule has 0 atom stereocenters. The topological polar surface area (TPSA) is 50.7 Å². The fourth-order valence-corrected chi connectivity index (χ4v) is 2.55. The van der Waals surface area contributed by atoms with Gasteiger partial charge in [0.1, 0.15) is 5.75 Å². The minimum absolute atomic E-state index is 0.101. The molecule has 5 heteroatoms. The average Bonchev–Trinajstić information content (AvgIpc) is 2.58. The molecular formula is C20H23ClN2O2. The van der Waals surface area contributed by atoms with Crippen LogP contribution in [0, 0.1) is 12.8 Å². The molecule has 0 fully saturated rings. The number of halogens is 1. The van der Waals surface area contributed by atoms with Crippen LogP contribution in [0.4, 0.5) is 0 Å². The molecule has 4 nitrogen and oxygen atoms in total. The van der Waals surface area contributed by atoms with Gasteiger partial charge in [0.05, 0.1) is 5.71 Å². The smallest absolute Gasteiger partial charge is 0.277 e. The Kier molecular flexibility index (Phi) is 7.02. The molecule has 0 heterocycles. The third-order valence-electron chi connectivity index (χ3n) is 3.52. The van der Waals surface area contributed by atoms with Crippen LogP contribution in [0.5, 0.6) is 5.75 Å². The Morgan fingerprint density at radius 2 is 1.92 bits per heavy atom. The van der Waals surface area contributed by atoms with Gasteiger partial charge in [-0.15, -0.1) is 0 Å². The number of hydrogen-bond donors (Lipinski definition) is 1. The predicted octanol–water partition coefficient (Wildman–Crippen LogP) is 4.59. The van der Waals surface area contributed by atoms with Gasteiger partial charge in [0.2, 0.25) is 0 Å². The first-order chi connectivity index (χ1) is 12.0. The van der Waals surface area contributed by atoms with Gasteiger partial charge in [-0.05, 0) is 48.6 Å². The van der Waals surface area contributed by atoms with Crippen molar-refractivity contribution in [3.05, 3.63) is 64.7 Å². The minimum Gasteiger partial charge on any atom is -0.483 e. The van der Waals surface area contributed by atoms with Gasteiger partial charge in [0.25, 0.3) is 5.91 Å². The van der Waals surface area contributed by atoms with Crippen molar-refractivity contribution in [3.63, 3.8) is 0 Å². The summed E-state index contributed by atoms with van der Waals surface area (Å²) in [4.78, 5) is 12.0. The number of carbonyl (C=O) groups is 1. The molecule has 0 spiro atoms. The van der Waals surface area contributed by atoms with Crippen LogP contribution in [0.2, 0.25) is 5.02 Å². The van der Waals surface area contributed by atoms with Crippen LogP contribution in [-0.2, 0) is 4.79 Å². The second-order valence-corrected chi connectivity index (χ2v) is 6.69. The zero-order valence-corrected chi connectivity index (χ0v) is 15.5. The fraction of sp³-hybridized carbons (Fsp3) is 0.300. The molecule has 0 unspecified atom stereocenters. The molecule has 2 aromatic carbocycles. The molecule has 0 aliphatic carbocycles. The Morgan fingerprint density at radius 3 is 2.56 bits per heavy atom. The number of nitrogens with zero attached hydrogens (tertiary/aromatic N) is 1. The van der Waals surface area contributed by atoms with Crippen molar-refractivity contribution < 1.29 is 9.53 Å². The summed E-state index contributed by atoms with van der Waals surface area (Å²) in [6.07, 6.45) is 0.779. The van der Waals surface area contributed by atoms with Crippen molar-refractivity contribution in [1.82, 2.24) is 5.43 Å². The van der Waals surface area contributed by atoms with Crippen molar-refractivity contribution in [2.45, 2.75) is 27.2 Å². The summed E-state index contributed by atoms with van der Waals surface area (Å²) in [7, 11) is 0. The van der Waals surface area contributed by atoms with E-state index >= 15 is 0 Å². The number of hydrogen-bond acceptors (Lipinski definition) is 3. The first kappa shape index (κ1) is 19.0. The zero-order chi connectivity index (χ0) is 18.2. The van der Waals surface area contributed by atoms with E-state index in [2.05, 4.69) is 24.4 Å². The highest BCUT2D eigenvalue weighted by atomic mass is 35.5. The number of carbonyl (C=O) groups excluding carboxylic acids is 1. The molecule has 1 amide bonds. The Balaban J connectivity index is 1.98. The van der Waals surface area contributed by atoms with E-state index in [1.807, 2.05) is 37.3 Å². The van der Waals surface area contributed by atoms with Gasteiger partial charge in [-0.1, -0.05) is 55.8 Å². The van der Waals surface area contributed by atoms with Gasteiger partial charge in [-0.3, -0.25) is 4.79 Å². The summed E-state index contributed by atoms with van der Waals surface area (Å²) in [5.41, 5.74) is 5.33. The Bertz CT molecular complexity index is 743. The summed E-state index contributed by atoms with van der Waals surface area (Å²) < 4.78 is 5.53. The lowest BCUT2D eigenvalue weighted by atomic mass is 10.0. The summed E-state index contributed by atoms with van der Waals surface area (Å²) in [6, 6.07) is 15.1. The molecule has 0 aliphatic heterocycles. The quantitative estimate of drug-likeness (QED) is 0.581. The van der Waals surface area contributed by atoms with E-state index in [1.165, 1.54) is 0 Å². The monoisotopic (exact) mass is 358 g/mol. The van der Waals surface area contributed by atoms with Gasteiger partial charge in [0.15, 0.2) is 6.61 Å². The van der Waals surface area contributed by atoms with Crippen molar-refractivity contribution in [1.29, 1.82) is 0 Å². The lowest BCUT2D eigenvalue weighted by molar-refractivity contribution is -0.123.